The van der Waals surface area contributed by atoms with E-state index in [-0.39, 0.29) is 23.7 Å². The number of nitrogens with zero attached hydrogens (tertiary/aromatic N) is 4. The number of nitrogens with one attached hydrogen (secondary N) is 1. The largest absolute Gasteiger partial charge is 0.471 e. The minimum Gasteiger partial charge on any atom is -0.471 e. The summed E-state index contributed by atoms with van der Waals surface area (Å²) in [5.41, 5.74) is -0.240. The quantitative estimate of drug-likeness (QED) is 0.474. The first kappa shape index (κ1) is 21.7. The summed E-state index contributed by atoms with van der Waals surface area (Å²) in [5.74, 6) is 0.0176. The molecule has 1 aliphatic rings. The molecule has 0 atom stereocenters. The molecule has 4 rings (SSSR count). The number of hydrogen-bond donors (Lipinski definition) is 1. The number of halogens is 5. The molecular formula is C19H16BrClF3N5O2. The van der Waals surface area contributed by atoms with Gasteiger partial charge in [0.1, 0.15) is 12.3 Å². The average Bonchev–Trinajstić information content (AvgIpc) is 3.32. The van der Waals surface area contributed by atoms with Crippen LogP contribution in [0.2, 0.25) is 5.02 Å². The number of carbonyl (C=O) groups excluding carboxylic acids is 1. The standard InChI is InChI=1S/C19H16BrClF3N5O2/c20-16-17(11-4-5-11)29(27-18(16)19(22,23)24)9-15(30)26-13-7-25-28(8-13)10-31-14-3-1-2-12(21)6-14/h1-3,6-8,11H,4-5,9-10H2,(H,26,30). The van der Waals surface area contributed by atoms with Crippen LogP contribution in [0.15, 0.2) is 41.1 Å². The number of anilines is 1. The van der Waals surface area contributed by atoms with Crippen molar-refractivity contribution in [3.05, 3.63) is 57.5 Å². The minimum atomic E-state index is -4.60. The lowest BCUT2D eigenvalue weighted by Gasteiger charge is -2.07. The maximum Gasteiger partial charge on any atom is 0.436 e. The number of benzene rings is 1. The zero-order chi connectivity index (χ0) is 22.2. The second-order valence-corrected chi connectivity index (χ2v) is 8.25. The molecule has 0 radical (unpaired) electrons. The first-order valence-corrected chi connectivity index (χ1v) is 10.4. The van der Waals surface area contributed by atoms with Gasteiger partial charge in [0, 0.05) is 10.9 Å². The summed E-state index contributed by atoms with van der Waals surface area (Å²) in [6.07, 6.45) is -0.106. The first-order valence-electron chi connectivity index (χ1n) is 9.25. The van der Waals surface area contributed by atoms with E-state index in [0.29, 0.717) is 22.2 Å². The Balaban J connectivity index is 1.40. The highest BCUT2D eigenvalue weighted by molar-refractivity contribution is 9.10. The fourth-order valence-corrected chi connectivity index (χ4v) is 4.05. The zero-order valence-electron chi connectivity index (χ0n) is 15.9. The van der Waals surface area contributed by atoms with Crippen molar-refractivity contribution in [1.82, 2.24) is 19.6 Å². The van der Waals surface area contributed by atoms with Gasteiger partial charge >= 0.3 is 6.18 Å². The molecule has 164 valence electrons. The van der Waals surface area contributed by atoms with Gasteiger partial charge in [-0.2, -0.15) is 23.4 Å². The molecule has 1 aliphatic carbocycles. The number of rotatable bonds is 7. The molecule has 0 spiro atoms. The molecule has 1 saturated carbocycles. The van der Waals surface area contributed by atoms with Crippen LogP contribution in [-0.4, -0.2) is 25.5 Å². The highest BCUT2D eigenvalue weighted by Gasteiger charge is 2.41. The smallest absolute Gasteiger partial charge is 0.436 e. The molecule has 2 heterocycles. The van der Waals surface area contributed by atoms with Crippen LogP contribution in [0.4, 0.5) is 18.9 Å². The summed E-state index contributed by atoms with van der Waals surface area (Å²) < 4.78 is 47.6. The third-order valence-corrected chi connectivity index (χ3v) is 5.55. The molecule has 0 unspecified atom stereocenters. The van der Waals surface area contributed by atoms with Crippen LogP contribution in [0.25, 0.3) is 0 Å². The van der Waals surface area contributed by atoms with Gasteiger partial charge in [0.05, 0.1) is 28.2 Å². The van der Waals surface area contributed by atoms with E-state index in [1.165, 1.54) is 10.9 Å². The summed E-state index contributed by atoms with van der Waals surface area (Å²) >= 11 is 8.91. The normalized spacial score (nSPS) is 14.0. The van der Waals surface area contributed by atoms with Crippen molar-refractivity contribution >= 4 is 39.1 Å². The molecule has 1 aromatic carbocycles. The van der Waals surface area contributed by atoms with Gasteiger partial charge in [-0.15, -0.1) is 0 Å². The molecular weight excluding hydrogens is 503 g/mol. The lowest BCUT2D eigenvalue weighted by atomic mass is 10.2. The van der Waals surface area contributed by atoms with Crippen LogP contribution >= 0.6 is 27.5 Å². The van der Waals surface area contributed by atoms with E-state index in [9.17, 15) is 18.0 Å². The Hall–Kier alpha value is -2.53. The van der Waals surface area contributed by atoms with Gasteiger partial charge in [0.2, 0.25) is 5.91 Å². The SMILES string of the molecule is O=C(Cn1nc(C(F)(F)F)c(Br)c1C1CC1)Nc1cnn(COc2cccc(Cl)c2)c1. The predicted octanol–water partition coefficient (Wildman–Crippen LogP) is 5.07. The number of amides is 1. The van der Waals surface area contributed by atoms with Crippen LogP contribution in [0.5, 0.6) is 5.75 Å². The number of aromatic nitrogens is 4. The highest BCUT2D eigenvalue weighted by atomic mass is 79.9. The summed E-state index contributed by atoms with van der Waals surface area (Å²) in [6, 6.07) is 6.87. The number of carbonyl (C=O) groups is 1. The summed E-state index contributed by atoms with van der Waals surface area (Å²) in [6.45, 7) is -0.256. The van der Waals surface area contributed by atoms with Gasteiger partial charge in [-0.1, -0.05) is 17.7 Å². The number of alkyl halides is 3. The maximum atomic E-state index is 13.2. The first-order chi connectivity index (χ1) is 14.7. The molecule has 31 heavy (non-hydrogen) atoms. The van der Waals surface area contributed by atoms with Crippen molar-refractivity contribution in [2.24, 2.45) is 0 Å². The Kier molecular flexibility index (Phi) is 5.98. The molecule has 3 aromatic rings. The van der Waals surface area contributed by atoms with Crippen molar-refractivity contribution in [3.8, 4) is 5.75 Å². The van der Waals surface area contributed by atoms with Crippen LogP contribution in [0.1, 0.15) is 30.1 Å². The van der Waals surface area contributed by atoms with Gasteiger partial charge in [-0.3, -0.25) is 9.48 Å². The van der Waals surface area contributed by atoms with Crippen molar-refractivity contribution < 1.29 is 22.7 Å². The van der Waals surface area contributed by atoms with Gasteiger partial charge in [-0.05, 0) is 47.0 Å². The molecule has 1 amide bonds. The molecule has 0 bridgehead atoms. The van der Waals surface area contributed by atoms with E-state index in [0.717, 1.165) is 17.5 Å². The molecule has 0 saturated heterocycles. The molecule has 12 heteroatoms. The lowest BCUT2D eigenvalue weighted by Crippen LogP contribution is -2.21. The van der Waals surface area contributed by atoms with E-state index in [2.05, 4.69) is 31.4 Å². The van der Waals surface area contributed by atoms with E-state index in [1.54, 1.807) is 30.5 Å². The molecule has 1 N–H and O–H groups in total. The topological polar surface area (TPSA) is 74.0 Å². The van der Waals surface area contributed by atoms with Crippen molar-refractivity contribution in [2.45, 2.75) is 38.2 Å². The third kappa shape index (κ3) is 5.21. The Labute approximate surface area is 188 Å². The van der Waals surface area contributed by atoms with E-state index < -0.39 is 17.8 Å². The van der Waals surface area contributed by atoms with E-state index >= 15 is 0 Å². The fourth-order valence-electron chi connectivity index (χ4n) is 3.03. The van der Waals surface area contributed by atoms with Crippen molar-refractivity contribution in [3.63, 3.8) is 0 Å². The lowest BCUT2D eigenvalue weighted by molar-refractivity contribution is -0.142. The minimum absolute atomic E-state index is 0.0304. The van der Waals surface area contributed by atoms with E-state index in [1.807, 2.05) is 0 Å². The van der Waals surface area contributed by atoms with Crippen molar-refractivity contribution in [2.75, 3.05) is 5.32 Å². The highest BCUT2D eigenvalue weighted by Crippen LogP contribution is 2.46. The maximum absolute atomic E-state index is 13.2. The van der Waals surface area contributed by atoms with Gasteiger partial charge < -0.3 is 10.1 Å². The second kappa shape index (κ2) is 8.54. The van der Waals surface area contributed by atoms with Crippen molar-refractivity contribution in [1.29, 1.82) is 0 Å². The predicted molar refractivity (Wildman–Crippen MR) is 110 cm³/mol. The number of ether oxygens (including phenoxy) is 1. The van der Waals surface area contributed by atoms with Gasteiger partial charge in [-0.25, -0.2) is 4.68 Å². The van der Waals surface area contributed by atoms with Gasteiger partial charge in [0.15, 0.2) is 12.4 Å². The average molecular weight is 519 g/mol. The molecule has 0 aliphatic heterocycles. The zero-order valence-corrected chi connectivity index (χ0v) is 18.2. The number of hydrogen-bond acceptors (Lipinski definition) is 4. The monoisotopic (exact) mass is 517 g/mol. The molecule has 2 aromatic heterocycles. The summed E-state index contributed by atoms with van der Waals surface area (Å²) in [5, 5.41) is 10.9. The fraction of sp³-hybridized carbons (Fsp3) is 0.316. The molecule has 1 fully saturated rings. The third-order valence-electron chi connectivity index (χ3n) is 4.53. The van der Waals surface area contributed by atoms with Gasteiger partial charge in [0.25, 0.3) is 0 Å². The molecule has 7 nitrogen and oxygen atoms in total. The van der Waals surface area contributed by atoms with E-state index in [4.69, 9.17) is 16.3 Å². The summed E-state index contributed by atoms with van der Waals surface area (Å²) in [4.78, 5) is 12.4. The van der Waals surface area contributed by atoms with Crippen LogP contribution in [0.3, 0.4) is 0 Å². The van der Waals surface area contributed by atoms with Crippen LogP contribution < -0.4 is 10.1 Å². The Morgan fingerprint density at radius 2 is 2.13 bits per heavy atom. The van der Waals surface area contributed by atoms with Crippen LogP contribution in [-0.2, 0) is 24.2 Å². The Morgan fingerprint density at radius 1 is 1.35 bits per heavy atom. The van der Waals surface area contributed by atoms with Crippen LogP contribution in [0, 0.1) is 0 Å². The Morgan fingerprint density at radius 3 is 2.81 bits per heavy atom. The second-order valence-electron chi connectivity index (χ2n) is 7.02. The summed E-state index contributed by atoms with van der Waals surface area (Å²) in [7, 11) is 0. The Bertz CT molecular complexity index is 1110.